The molecule has 5 nitrogen and oxygen atoms in total. The lowest BCUT2D eigenvalue weighted by atomic mass is 10.2. The summed E-state index contributed by atoms with van der Waals surface area (Å²) in [5.41, 5.74) is 5.03. The molecule has 0 aliphatic rings. The first-order valence-corrected chi connectivity index (χ1v) is 5.01. The van der Waals surface area contributed by atoms with Crippen LogP contribution in [0.15, 0.2) is 30.4 Å². The maximum Gasteiger partial charge on any atom is 0.330 e. The molecule has 2 N–H and O–H groups in total. The summed E-state index contributed by atoms with van der Waals surface area (Å²) in [5, 5.41) is 0. The van der Waals surface area contributed by atoms with Crippen molar-refractivity contribution in [1.29, 1.82) is 0 Å². The Hall–Kier alpha value is -2.37. The van der Waals surface area contributed by atoms with E-state index in [1.165, 1.54) is 25.3 Å². The molecule has 0 spiro atoms. The lowest BCUT2D eigenvalue weighted by molar-refractivity contribution is -0.134. The largest absolute Gasteiger partial charge is 0.489 e. The van der Waals surface area contributed by atoms with E-state index < -0.39 is 17.7 Å². The Kier molecular flexibility index (Phi) is 4.86. The van der Waals surface area contributed by atoms with Crippen LogP contribution >= 0.6 is 0 Å². The predicted molar refractivity (Wildman–Crippen MR) is 61.6 cm³/mol. The van der Waals surface area contributed by atoms with E-state index in [-0.39, 0.29) is 17.9 Å². The number of ether oxygens (including phenoxy) is 2. The summed E-state index contributed by atoms with van der Waals surface area (Å²) in [4.78, 5) is 21.8. The van der Waals surface area contributed by atoms with E-state index in [9.17, 15) is 14.0 Å². The Bertz CT molecular complexity index is 485. The summed E-state index contributed by atoms with van der Waals surface area (Å²) in [7, 11) is 1.25. The van der Waals surface area contributed by atoms with Crippen LogP contribution in [0.2, 0.25) is 0 Å². The Balaban J connectivity index is 2.70. The van der Waals surface area contributed by atoms with Crippen LogP contribution in [0, 0.1) is 5.82 Å². The minimum Gasteiger partial charge on any atom is -0.489 e. The lowest BCUT2D eigenvalue weighted by Gasteiger charge is -2.07. The van der Waals surface area contributed by atoms with Gasteiger partial charge in [0.25, 0.3) is 5.91 Å². The average Bonchev–Trinajstić information content (AvgIpc) is 2.35. The number of esters is 1. The molecular formula is C12H12FNO4. The third-order valence-electron chi connectivity index (χ3n) is 2.00. The number of nitrogens with two attached hydrogens (primary N) is 1. The fourth-order valence-corrected chi connectivity index (χ4v) is 1.17. The maximum absolute atomic E-state index is 12.9. The quantitative estimate of drug-likeness (QED) is 0.628. The van der Waals surface area contributed by atoms with Gasteiger partial charge in [0.15, 0.2) is 0 Å². The molecule has 1 aromatic rings. The summed E-state index contributed by atoms with van der Waals surface area (Å²) in [6, 6.07) is 3.43. The molecule has 0 aliphatic heterocycles. The highest BCUT2D eigenvalue weighted by atomic mass is 19.1. The molecule has 0 radical (unpaired) electrons. The van der Waals surface area contributed by atoms with E-state index in [2.05, 4.69) is 4.74 Å². The van der Waals surface area contributed by atoms with Gasteiger partial charge in [0.1, 0.15) is 18.2 Å². The Labute approximate surface area is 103 Å². The molecule has 0 aliphatic carbocycles. The van der Waals surface area contributed by atoms with Gasteiger partial charge in [0, 0.05) is 6.08 Å². The molecule has 6 heteroatoms. The van der Waals surface area contributed by atoms with Crippen LogP contribution in [0.3, 0.4) is 0 Å². The van der Waals surface area contributed by atoms with Crippen molar-refractivity contribution in [3.05, 3.63) is 41.7 Å². The Morgan fingerprint density at radius 2 is 2.17 bits per heavy atom. The third-order valence-corrected chi connectivity index (χ3v) is 2.00. The average molecular weight is 253 g/mol. The number of methoxy groups -OCH3 is 1. The molecule has 0 saturated carbocycles. The first-order chi connectivity index (χ1) is 8.54. The van der Waals surface area contributed by atoms with E-state index in [0.29, 0.717) is 0 Å². The number of benzene rings is 1. The summed E-state index contributed by atoms with van der Waals surface area (Å²) >= 11 is 0. The van der Waals surface area contributed by atoms with Crippen molar-refractivity contribution in [2.24, 2.45) is 5.73 Å². The summed E-state index contributed by atoms with van der Waals surface area (Å²) < 4.78 is 22.5. The molecule has 1 rings (SSSR count). The second-order valence-corrected chi connectivity index (χ2v) is 3.24. The van der Waals surface area contributed by atoms with Crippen molar-refractivity contribution in [1.82, 2.24) is 0 Å². The molecule has 0 bridgehead atoms. The number of halogens is 1. The van der Waals surface area contributed by atoms with Gasteiger partial charge >= 0.3 is 5.97 Å². The predicted octanol–water partition coefficient (Wildman–Crippen LogP) is 1.03. The van der Waals surface area contributed by atoms with E-state index in [0.717, 1.165) is 12.1 Å². The summed E-state index contributed by atoms with van der Waals surface area (Å²) in [6.45, 7) is 0.0288. The van der Waals surface area contributed by atoms with Gasteiger partial charge in [-0.2, -0.15) is 0 Å². The van der Waals surface area contributed by atoms with Crippen LogP contribution in [0.25, 0.3) is 0 Å². The second-order valence-electron chi connectivity index (χ2n) is 3.24. The van der Waals surface area contributed by atoms with E-state index in [4.69, 9.17) is 10.5 Å². The molecular weight excluding hydrogens is 241 g/mol. The van der Waals surface area contributed by atoms with Gasteiger partial charge in [0.05, 0.1) is 12.7 Å². The Morgan fingerprint density at radius 3 is 2.78 bits per heavy atom. The fourth-order valence-electron chi connectivity index (χ4n) is 1.17. The smallest absolute Gasteiger partial charge is 0.330 e. The maximum atomic E-state index is 12.9. The van der Waals surface area contributed by atoms with E-state index >= 15 is 0 Å². The molecule has 1 amide bonds. The third kappa shape index (κ3) is 3.89. The van der Waals surface area contributed by atoms with Crippen LogP contribution in [0.5, 0.6) is 5.75 Å². The topological polar surface area (TPSA) is 78.6 Å². The minimum atomic E-state index is -0.790. The summed E-state index contributed by atoms with van der Waals surface area (Å²) in [5.74, 6) is -1.74. The molecule has 0 fully saturated rings. The first-order valence-electron chi connectivity index (χ1n) is 5.01. The number of amides is 1. The highest BCUT2D eigenvalue weighted by Crippen LogP contribution is 2.19. The fraction of sp³-hybridized carbons (Fsp3) is 0.167. The van der Waals surface area contributed by atoms with Crippen LogP contribution in [-0.2, 0) is 9.53 Å². The second kappa shape index (κ2) is 6.39. The van der Waals surface area contributed by atoms with Crippen molar-refractivity contribution in [2.45, 2.75) is 0 Å². The monoisotopic (exact) mass is 253 g/mol. The van der Waals surface area contributed by atoms with Crippen LogP contribution < -0.4 is 10.5 Å². The van der Waals surface area contributed by atoms with E-state index in [1.54, 1.807) is 0 Å². The van der Waals surface area contributed by atoms with E-state index in [1.807, 2.05) is 0 Å². The minimum absolute atomic E-state index is 0.0288. The number of carbonyl (C=O) groups excluding carboxylic acids is 2. The van der Waals surface area contributed by atoms with Crippen molar-refractivity contribution in [3.63, 3.8) is 0 Å². The molecule has 0 heterocycles. The zero-order valence-electron chi connectivity index (χ0n) is 9.68. The van der Waals surface area contributed by atoms with Crippen molar-refractivity contribution >= 4 is 11.9 Å². The summed E-state index contributed by atoms with van der Waals surface area (Å²) in [6.07, 6.45) is 2.58. The van der Waals surface area contributed by atoms with Gasteiger partial charge in [-0.1, -0.05) is 0 Å². The highest BCUT2D eigenvalue weighted by Gasteiger charge is 2.10. The molecule has 0 unspecified atom stereocenters. The van der Waals surface area contributed by atoms with Gasteiger partial charge in [-0.05, 0) is 24.3 Å². The van der Waals surface area contributed by atoms with Gasteiger partial charge in [-0.3, -0.25) is 4.79 Å². The molecule has 0 saturated heterocycles. The molecule has 0 aromatic heterocycles. The number of carbonyl (C=O) groups is 2. The standard InChI is InChI=1S/C12H12FNO4/c1-17-11(15)3-2-6-18-10-5-4-8(13)7-9(10)12(14)16/h2-5,7H,6H2,1H3,(H2,14,16)/b3-2+. The Morgan fingerprint density at radius 1 is 1.44 bits per heavy atom. The number of hydrogen-bond acceptors (Lipinski definition) is 4. The highest BCUT2D eigenvalue weighted by molar-refractivity contribution is 5.95. The van der Waals surface area contributed by atoms with Gasteiger partial charge in [-0.15, -0.1) is 0 Å². The number of primary amides is 1. The molecule has 18 heavy (non-hydrogen) atoms. The SMILES string of the molecule is COC(=O)/C=C/COc1ccc(F)cc1C(N)=O. The van der Waals surface area contributed by atoms with Crippen LogP contribution in [0.4, 0.5) is 4.39 Å². The van der Waals surface area contributed by atoms with Gasteiger partial charge in [0.2, 0.25) is 0 Å². The zero-order valence-corrected chi connectivity index (χ0v) is 9.68. The lowest BCUT2D eigenvalue weighted by Crippen LogP contribution is -2.13. The molecule has 0 atom stereocenters. The molecule has 96 valence electrons. The van der Waals surface area contributed by atoms with Gasteiger partial charge in [-0.25, -0.2) is 9.18 Å². The molecule has 1 aromatic carbocycles. The van der Waals surface area contributed by atoms with Crippen molar-refractivity contribution in [2.75, 3.05) is 13.7 Å². The van der Waals surface area contributed by atoms with Crippen molar-refractivity contribution < 1.29 is 23.5 Å². The first kappa shape index (κ1) is 13.7. The zero-order chi connectivity index (χ0) is 13.5. The van der Waals surface area contributed by atoms with Crippen molar-refractivity contribution in [3.8, 4) is 5.75 Å². The number of rotatable bonds is 5. The van der Waals surface area contributed by atoms with Gasteiger partial charge < -0.3 is 15.2 Å². The van der Waals surface area contributed by atoms with Crippen LogP contribution in [-0.4, -0.2) is 25.6 Å². The number of hydrogen-bond donors (Lipinski definition) is 1. The normalized spacial score (nSPS) is 10.3. The van der Waals surface area contributed by atoms with Crippen LogP contribution in [0.1, 0.15) is 10.4 Å².